The molecule has 0 saturated heterocycles. The van der Waals surface area contributed by atoms with E-state index in [0.29, 0.717) is 6.42 Å². The Morgan fingerprint density at radius 1 is 1.35 bits per heavy atom. The van der Waals surface area contributed by atoms with E-state index in [1.807, 2.05) is 6.92 Å². The fourth-order valence-corrected chi connectivity index (χ4v) is 1.59. The van der Waals surface area contributed by atoms with E-state index in [9.17, 15) is 13.6 Å². The van der Waals surface area contributed by atoms with Crippen molar-refractivity contribution in [3.8, 4) is 0 Å². The highest BCUT2D eigenvalue weighted by Gasteiger charge is 2.21. The molecule has 0 aliphatic heterocycles. The van der Waals surface area contributed by atoms with Gasteiger partial charge in [-0.1, -0.05) is 25.8 Å². The van der Waals surface area contributed by atoms with Gasteiger partial charge in [0.05, 0.1) is 11.6 Å². The van der Waals surface area contributed by atoms with E-state index in [1.54, 1.807) is 0 Å². The van der Waals surface area contributed by atoms with Crippen LogP contribution in [0.4, 0.5) is 8.78 Å². The SMILES string of the molecule is CCCCC(N)C(=O)c1ccc(C)c(F)c1F. The summed E-state index contributed by atoms with van der Waals surface area (Å²) in [6.07, 6.45) is 2.19. The predicted molar refractivity (Wildman–Crippen MR) is 62.9 cm³/mol. The van der Waals surface area contributed by atoms with Crippen LogP contribution in [0.15, 0.2) is 12.1 Å². The molecule has 1 unspecified atom stereocenters. The molecule has 1 atom stereocenters. The molecule has 0 bridgehead atoms. The predicted octanol–water partition coefficient (Wildman–Crippen LogP) is 2.97. The Balaban J connectivity index is 2.93. The van der Waals surface area contributed by atoms with Crippen LogP contribution in [0.3, 0.4) is 0 Å². The highest BCUT2D eigenvalue weighted by Crippen LogP contribution is 2.17. The van der Waals surface area contributed by atoms with Crippen LogP contribution in [0, 0.1) is 18.6 Å². The fraction of sp³-hybridized carbons (Fsp3) is 0.462. The lowest BCUT2D eigenvalue weighted by atomic mass is 9.99. The van der Waals surface area contributed by atoms with E-state index in [2.05, 4.69) is 0 Å². The molecular formula is C13H17F2NO. The van der Waals surface area contributed by atoms with Crippen molar-refractivity contribution in [2.75, 3.05) is 0 Å². The normalized spacial score (nSPS) is 12.5. The van der Waals surface area contributed by atoms with Gasteiger partial charge in [0.2, 0.25) is 0 Å². The van der Waals surface area contributed by atoms with Crippen LogP contribution in [0.1, 0.15) is 42.1 Å². The topological polar surface area (TPSA) is 43.1 Å². The summed E-state index contributed by atoms with van der Waals surface area (Å²) < 4.78 is 26.8. The number of ketones is 1. The molecule has 0 heterocycles. The van der Waals surface area contributed by atoms with Crippen molar-refractivity contribution in [3.63, 3.8) is 0 Å². The Bertz CT molecular complexity index is 418. The standard InChI is InChI=1S/C13H17F2NO/c1-3-4-5-10(16)13(17)9-7-6-8(2)11(14)12(9)15/h6-7,10H,3-5,16H2,1-2H3. The molecule has 0 amide bonds. The molecule has 1 aromatic rings. The highest BCUT2D eigenvalue weighted by atomic mass is 19.2. The maximum Gasteiger partial charge on any atom is 0.182 e. The molecule has 94 valence electrons. The molecule has 2 nitrogen and oxygen atoms in total. The first-order valence-corrected chi connectivity index (χ1v) is 5.73. The van der Waals surface area contributed by atoms with E-state index in [4.69, 9.17) is 5.73 Å². The summed E-state index contributed by atoms with van der Waals surface area (Å²) >= 11 is 0. The minimum absolute atomic E-state index is 0.182. The van der Waals surface area contributed by atoms with E-state index in [0.717, 1.165) is 12.8 Å². The monoisotopic (exact) mass is 241 g/mol. The molecule has 0 spiro atoms. The van der Waals surface area contributed by atoms with Gasteiger partial charge in [0, 0.05) is 0 Å². The zero-order valence-corrected chi connectivity index (χ0v) is 10.1. The lowest BCUT2D eigenvalue weighted by molar-refractivity contribution is 0.0951. The number of rotatable bonds is 5. The van der Waals surface area contributed by atoms with Crippen LogP contribution >= 0.6 is 0 Å². The minimum atomic E-state index is -1.10. The molecule has 0 aliphatic rings. The Labute approximate surface area is 99.8 Å². The maximum absolute atomic E-state index is 13.5. The Hall–Kier alpha value is -1.29. The van der Waals surface area contributed by atoms with E-state index < -0.39 is 23.5 Å². The lowest BCUT2D eigenvalue weighted by Crippen LogP contribution is -2.31. The van der Waals surface area contributed by atoms with Crippen molar-refractivity contribution in [1.29, 1.82) is 0 Å². The zero-order chi connectivity index (χ0) is 13.0. The summed E-state index contributed by atoms with van der Waals surface area (Å²) in [5, 5.41) is 0. The van der Waals surface area contributed by atoms with Gasteiger partial charge in [-0.05, 0) is 25.0 Å². The number of unbranched alkanes of at least 4 members (excludes halogenated alkanes) is 1. The third-order valence-electron chi connectivity index (χ3n) is 2.75. The van der Waals surface area contributed by atoms with Crippen LogP contribution < -0.4 is 5.73 Å². The molecule has 0 aromatic heterocycles. The number of Topliss-reactive ketones (excluding diaryl/α,β-unsaturated/α-hetero) is 1. The van der Waals surface area contributed by atoms with Crippen LogP contribution in [-0.4, -0.2) is 11.8 Å². The minimum Gasteiger partial charge on any atom is -0.321 e. The van der Waals surface area contributed by atoms with Crippen LogP contribution in [0.25, 0.3) is 0 Å². The summed E-state index contributed by atoms with van der Waals surface area (Å²) in [6.45, 7) is 3.42. The number of halogens is 2. The molecule has 0 fully saturated rings. The summed E-state index contributed by atoms with van der Waals surface area (Å²) in [5.41, 5.74) is 5.58. The van der Waals surface area contributed by atoms with Gasteiger partial charge in [0.15, 0.2) is 17.4 Å². The number of nitrogens with two attached hydrogens (primary N) is 1. The van der Waals surface area contributed by atoms with Crippen molar-refractivity contribution >= 4 is 5.78 Å². The molecule has 2 N–H and O–H groups in total. The van der Waals surface area contributed by atoms with Crippen molar-refractivity contribution in [3.05, 3.63) is 34.9 Å². The van der Waals surface area contributed by atoms with Gasteiger partial charge in [-0.3, -0.25) is 4.79 Å². The van der Waals surface area contributed by atoms with Gasteiger partial charge in [0.1, 0.15) is 0 Å². The first-order valence-electron chi connectivity index (χ1n) is 5.73. The molecule has 0 aliphatic carbocycles. The quantitative estimate of drug-likeness (QED) is 0.805. The van der Waals surface area contributed by atoms with Gasteiger partial charge in [-0.25, -0.2) is 8.78 Å². The average molecular weight is 241 g/mol. The molecular weight excluding hydrogens is 224 g/mol. The second-order valence-corrected chi connectivity index (χ2v) is 4.17. The highest BCUT2D eigenvalue weighted by molar-refractivity contribution is 6.00. The molecule has 0 saturated carbocycles. The summed E-state index contributed by atoms with van der Waals surface area (Å²) in [4.78, 5) is 11.8. The van der Waals surface area contributed by atoms with E-state index in [1.165, 1.54) is 19.1 Å². The van der Waals surface area contributed by atoms with Crippen LogP contribution in [0.5, 0.6) is 0 Å². The Kier molecular flexibility index (Phi) is 4.75. The lowest BCUT2D eigenvalue weighted by Gasteiger charge is -2.11. The first-order chi connectivity index (χ1) is 7.99. The second-order valence-electron chi connectivity index (χ2n) is 4.17. The van der Waals surface area contributed by atoms with E-state index in [-0.39, 0.29) is 11.1 Å². The number of benzene rings is 1. The average Bonchev–Trinajstić information content (AvgIpc) is 2.32. The molecule has 17 heavy (non-hydrogen) atoms. The van der Waals surface area contributed by atoms with Gasteiger partial charge < -0.3 is 5.73 Å². The summed E-state index contributed by atoms with van der Waals surface area (Å²) in [7, 11) is 0. The Morgan fingerprint density at radius 2 is 2.00 bits per heavy atom. The fourth-order valence-electron chi connectivity index (χ4n) is 1.59. The van der Waals surface area contributed by atoms with Crippen molar-refractivity contribution in [1.82, 2.24) is 0 Å². The second kappa shape index (κ2) is 5.87. The summed E-state index contributed by atoms with van der Waals surface area (Å²) in [6, 6.07) is 1.92. The third-order valence-corrected chi connectivity index (χ3v) is 2.75. The number of carbonyl (C=O) groups is 1. The van der Waals surface area contributed by atoms with Crippen molar-refractivity contribution in [2.45, 2.75) is 39.2 Å². The van der Waals surface area contributed by atoms with Gasteiger partial charge in [-0.2, -0.15) is 0 Å². The van der Waals surface area contributed by atoms with Crippen LogP contribution in [0.2, 0.25) is 0 Å². The molecule has 0 radical (unpaired) electrons. The van der Waals surface area contributed by atoms with Gasteiger partial charge >= 0.3 is 0 Å². The molecule has 1 aromatic carbocycles. The first kappa shape index (κ1) is 13.8. The number of hydrogen-bond donors (Lipinski definition) is 1. The molecule has 4 heteroatoms. The maximum atomic E-state index is 13.5. The number of carbonyl (C=O) groups excluding carboxylic acids is 1. The van der Waals surface area contributed by atoms with Crippen molar-refractivity contribution in [2.24, 2.45) is 5.73 Å². The zero-order valence-electron chi connectivity index (χ0n) is 10.1. The summed E-state index contributed by atoms with van der Waals surface area (Å²) in [5.74, 6) is -2.60. The molecule has 1 rings (SSSR count). The Morgan fingerprint density at radius 3 is 2.59 bits per heavy atom. The number of hydrogen-bond acceptors (Lipinski definition) is 2. The smallest absolute Gasteiger partial charge is 0.182 e. The third kappa shape index (κ3) is 3.09. The van der Waals surface area contributed by atoms with Crippen molar-refractivity contribution < 1.29 is 13.6 Å². The van der Waals surface area contributed by atoms with E-state index >= 15 is 0 Å². The number of aryl methyl sites for hydroxylation is 1. The van der Waals surface area contributed by atoms with Gasteiger partial charge in [-0.15, -0.1) is 0 Å². The largest absolute Gasteiger partial charge is 0.321 e. The van der Waals surface area contributed by atoms with Gasteiger partial charge in [0.25, 0.3) is 0 Å². The van der Waals surface area contributed by atoms with Crippen LogP contribution in [-0.2, 0) is 0 Å².